The monoisotopic (exact) mass is 367 g/mol. The first kappa shape index (κ1) is 14.8. The molecule has 0 amide bonds. The quantitative estimate of drug-likeness (QED) is 0.570. The van der Waals surface area contributed by atoms with Gasteiger partial charge in [0, 0.05) is 5.39 Å². The summed E-state index contributed by atoms with van der Waals surface area (Å²) in [6, 6.07) is 14.9. The van der Waals surface area contributed by atoms with Crippen LogP contribution in [0, 0.1) is 0 Å². The highest BCUT2D eigenvalue weighted by atomic mass is 79.9. The molecule has 3 rings (SSSR count). The van der Waals surface area contributed by atoms with Gasteiger partial charge in [-0.15, -0.1) is 0 Å². The van der Waals surface area contributed by atoms with Gasteiger partial charge in [0.15, 0.2) is 11.4 Å². The second kappa shape index (κ2) is 5.61. The average molecular weight is 368 g/mol. The Hall–Kier alpha value is -2.08. The highest BCUT2D eigenvalue weighted by molar-refractivity contribution is 9.10. The van der Waals surface area contributed by atoms with Gasteiger partial charge in [0.05, 0.1) is 9.99 Å². The fourth-order valence-electron chi connectivity index (χ4n) is 2.05. The Kier molecular flexibility index (Phi) is 3.78. The molecule has 22 heavy (non-hydrogen) atoms. The number of alkyl halides is 3. The predicted molar refractivity (Wildman–Crippen MR) is 81.0 cm³/mol. The SMILES string of the molecule is FC(F)(F)c1nc2ccccc2c(Br)c1Oc1ccccc1. The third-order valence-electron chi connectivity index (χ3n) is 3.02. The zero-order valence-electron chi connectivity index (χ0n) is 11.1. The van der Waals surface area contributed by atoms with E-state index in [1.807, 2.05) is 0 Å². The number of fused-ring (bicyclic) bond motifs is 1. The van der Waals surface area contributed by atoms with Crippen molar-refractivity contribution in [1.29, 1.82) is 0 Å². The van der Waals surface area contributed by atoms with Crippen LogP contribution < -0.4 is 4.74 Å². The minimum atomic E-state index is -4.61. The highest BCUT2D eigenvalue weighted by Crippen LogP contribution is 2.44. The van der Waals surface area contributed by atoms with Gasteiger partial charge in [-0.1, -0.05) is 36.4 Å². The summed E-state index contributed by atoms with van der Waals surface area (Å²) in [5, 5.41) is 0.557. The highest BCUT2D eigenvalue weighted by Gasteiger charge is 2.38. The van der Waals surface area contributed by atoms with E-state index in [0.717, 1.165) is 0 Å². The van der Waals surface area contributed by atoms with Crippen molar-refractivity contribution in [1.82, 2.24) is 4.98 Å². The van der Waals surface area contributed by atoms with Crippen molar-refractivity contribution >= 4 is 26.8 Å². The van der Waals surface area contributed by atoms with E-state index in [1.165, 1.54) is 6.07 Å². The molecular formula is C16H9BrF3NO. The predicted octanol–water partition coefficient (Wildman–Crippen LogP) is 5.81. The molecule has 112 valence electrons. The van der Waals surface area contributed by atoms with Crippen molar-refractivity contribution in [3.63, 3.8) is 0 Å². The molecule has 6 heteroatoms. The van der Waals surface area contributed by atoms with Crippen LogP contribution in [0.15, 0.2) is 59.1 Å². The Morgan fingerprint density at radius 1 is 0.909 bits per heavy atom. The molecule has 0 N–H and O–H groups in total. The number of ether oxygens (including phenoxy) is 1. The number of para-hydroxylation sites is 2. The van der Waals surface area contributed by atoms with Gasteiger partial charge in [-0.3, -0.25) is 0 Å². The fraction of sp³-hybridized carbons (Fsp3) is 0.0625. The molecule has 1 heterocycles. The number of rotatable bonds is 2. The Bertz CT molecular complexity index is 819. The second-order valence-electron chi connectivity index (χ2n) is 4.53. The summed E-state index contributed by atoms with van der Waals surface area (Å²) in [6.45, 7) is 0. The molecule has 2 aromatic carbocycles. The van der Waals surface area contributed by atoms with Gasteiger partial charge in [0.25, 0.3) is 0 Å². The van der Waals surface area contributed by atoms with E-state index in [0.29, 0.717) is 11.1 Å². The van der Waals surface area contributed by atoms with Crippen LogP contribution in [0.4, 0.5) is 13.2 Å². The lowest BCUT2D eigenvalue weighted by Gasteiger charge is -2.16. The number of aromatic nitrogens is 1. The molecule has 0 aliphatic carbocycles. The first-order valence-electron chi connectivity index (χ1n) is 6.35. The zero-order chi connectivity index (χ0) is 15.7. The summed E-state index contributed by atoms with van der Waals surface area (Å²) in [7, 11) is 0. The van der Waals surface area contributed by atoms with Crippen molar-refractivity contribution < 1.29 is 17.9 Å². The maximum atomic E-state index is 13.3. The molecule has 0 aliphatic heterocycles. The van der Waals surface area contributed by atoms with E-state index in [-0.39, 0.29) is 15.7 Å². The van der Waals surface area contributed by atoms with E-state index in [2.05, 4.69) is 20.9 Å². The normalized spacial score (nSPS) is 11.6. The van der Waals surface area contributed by atoms with Crippen LogP contribution in [0.25, 0.3) is 10.9 Å². The van der Waals surface area contributed by atoms with Crippen molar-refractivity contribution in [2.75, 3.05) is 0 Å². The lowest BCUT2D eigenvalue weighted by Crippen LogP contribution is -2.11. The molecular weight excluding hydrogens is 359 g/mol. The van der Waals surface area contributed by atoms with Gasteiger partial charge in [0.1, 0.15) is 5.75 Å². The molecule has 0 unspecified atom stereocenters. The molecule has 0 fully saturated rings. The third kappa shape index (κ3) is 2.78. The standard InChI is InChI=1S/C16H9BrF3NO/c17-13-11-8-4-5-9-12(11)21-15(16(18,19)20)14(13)22-10-6-2-1-3-7-10/h1-9H. The van der Waals surface area contributed by atoms with Gasteiger partial charge in [-0.25, -0.2) is 4.98 Å². The lowest BCUT2D eigenvalue weighted by molar-refractivity contribution is -0.142. The Morgan fingerprint density at radius 3 is 2.23 bits per heavy atom. The molecule has 1 aromatic heterocycles. The van der Waals surface area contributed by atoms with E-state index in [4.69, 9.17) is 4.74 Å². The van der Waals surface area contributed by atoms with Gasteiger partial charge < -0.3 is 4.74 Å². The summed E-state index contributed by atoms with van der Waals surface area (Å²) in [5.41, 5.74) is -0.802. The van der Waals surface area contributed by atoms with Gasteiger partial charge in [-0.05, 0) is 34.1 Å². The summed E-state index contributed by atoms with van der Waals surface area (Å²) in [5.74, 6) is -0.0248. The minimum absolute atomic E-state index is 0.231. The van der Waals surface area contributed by atoms with Crippen molar-refractivity contribution in [3.05, 3.63) is 64.8 Å². The topological polar surface area (TPSA) is 22.1 Å². The number of hydrogen-bond acceptors (Lipinski definition) is 2. The molecule has 0 aliphatic rings. The molecule has 0 saturated carbocycles. The van der Waals surface area contributed by atoms with E-state index in [9.17, 15) is 13.2 Å². The second-order valence-corrected chi connectivity index (χ2v) is 5.33. The van der Waals surface area contributed by atoms with Gasteiger partial charge in [0.2, 0.25) is 0 Å². The Balaban J connectivity index is 2.24. The average Bonchev–Trinajstić information content (AvgIpc) is 2.50. The summed E-state index contributed by atoms with van der Waals surface area (Å²) in [6.07, 6.45) is -4.61. The summed E-state index contributed by atoms with van der Waals surface area (Å²) in [4.78, 5) is 3.72. The maximum absolute atomic E-state index is 13.3. The van der Waals surface area contributed by atoms with E-state index >= 15 is 0 Å². The largest absolute Gasteiger partial charge is 0.454 e. The number of pyridine rings is 1. The van der Waals surface area contributed by atoms with E-state index < -0.39 is 11.9 Å². The van der Waals surface area contributed by atoms with Crippen molar-refractivity contribution in [3.8, 4) is 11.5 Å². The van der Waals surface area contributed by atoms with Gasteiger partial charge in [-0.2, -0.15) is 13.2 Å². The van der Waals surface area contributed by atoms with Gasteiger partial charge >= 0.3 is 6.18 Å². The van der Waals surface area contributed by atoms with Crippen LogP contribution >= 0.6 is 15.9 Å². The molecule has 0 bridgehead atoms. The maximum Gasteiger partial charge on any atom is 0.437 e. The Morgan fingerprint density at radius 2 is 1.55 bits per heavy atom. The molecule has 3 aromatic rings. The van der Waals surface area contributed by atoms with Crippen LogP contribution in [-0.4, -0.2) is 4.98 Å². The zero-order valence-corrected chi connectivity index (χ0v) is 12.6. The third-order valence-corrected chi connectivity index (χ3v) is 3.81. The van der Waals surface area contributed by atoms with Crippen molar-refractivity contribution in [2.45, 2.75) is 6.18 Å². The summed E-state index contributed by atoms with van der Waals surface area (Å²) >= 11 is 3.22. The molecule has 0 radical (unpaired) electrons. The molecule has 0 saturated heterocycles. The summed E-state index contributed by atoms with van der Waals surface area (Å²) < 4.78 is 45.6. The van der Waals surface area contributed by atoms with Crippen molar-refractivity contribution in [2.24, 2.45) is 0 Å². The first-order chi connectivity index (χ1) is 10.5. The van der Waals surface area contributed by atoms with Crippen LogP contribution in [-0.2, 0) is 6.18 Å². The molecule has 2 nitrogen and oxygen atoms in total. The Labute approximate surface area is 132 Å². The van der Waals surface area contributed by atoms with E-state index in [1.54, 1.807) is 48.5 Å². The minimum Gasteiger partial charge on any atom is -0.454 e. The molecule has 0 spiro atoms. The number of benzene rings is 2. The number of halogens is 4. The smallest absolute Gasteiger partial charge is 0.437 e. The van der Waals surface area contributed by atoms with Crippen LogP contribution in [0.5, 0.6) is 11.5 Å². The van der Waals surface area contributed by atoms with Crippen LogP contribution in [0.3, 0.4) is 0 Å². The number of nitrogens with zero attached hydrogens (tertiary/aromatic N) is 1. The molecule has 0 atom stereocenters. The van der Waals surface area contributed by atoms with Crippen LogP contribution in [0.1, 0.15) is 5.69 Å². The first-order valence-corrected chi connectivity index (χ1v) is 7.14. The number of hydrogen-bond donors (Lipinski definition) is 0. The van der Waals surface area contributed by atoms with Crippen LogP contribution in [0.2, 0.25) is 0 Å². The fourth-order valence-corrected chi connectivity index (χ4v) is 2.65. The lowest BCUT2D eigenvalue weighted by atomic mass is 10.2.